The molecule has 1 N–H and O–H groups in total. The van der Waals surface area contributed by atoms with E-state index in [1.54, 1.807) is 33.0 Å². The lowest BCUT2D eigenvalue weighted by Crippen LogP contribution is -2.41. The summed E-state index contributed by atoms with van der Waals surface area (Å²) < 4.78 is 38.9. The molecule has 27 heavy (non-hydrogen) atoms. The topological polar surface area (TPSA) is 57.6 Å². The number of carbonyl (C=O) groups excluding carboxylic acids is 1. The van der Waals surface area contributed by atoms with Gasteiger partial charge in [0.15, 0.2) is 0 Å². The third-order valence-corrected chi connectivity index (χ3v) is 4.41. The average molecular weight is 379 g/mol. The second kappa shape index (κ2) is 7.42. The van der Waals surface area contributed by atoms with Gasteiger partial charge in [0, 0.05) is 13.6 Å². The van der Waals surface area contributed by atoms with E-state index >= 15 is 0 Å². The minimum Gasteiger partial charge on any atom is -0.478 e. The fraction of sp³-hybridized carbons (Fsp3) is 0.300. The smallest absolute Gasteiger partial charge is 0.416 e. The normalized spacial score (nSPS) is 11.9. The van der Waals surface area contributed by atoms with E-state index in [2.05, 4.69) is 0 Å². The number of benzene rings is 2. The first-order valence-corrected chi connectivity index (χ1v) is 8.18. The first kappa shape index (κ1) is 20.5. The molecule has 0 saturated heterocycles. The average Bonchev–Trinajstić information content (AvgIpc) is 2.60. The number of aromatic carboxylic acids is 1. The predicted octanol–water partition coefficient (Wildman–Crippen LogP) is 4.34. The molecule has 4 nitrogen and oxygen atoms in total. The van der Waals surface area contributed by atoms with Crippen molar-refractivity contribution >= 4 is 11.9 Å². The van der Waals surface area contributed by atoms with E-state index in [1.165, 1.54) is 29.2 Å². The van der Waals surface area contributed by atoms with Gasteiger partial charge in [-0.15, -0.1) is 0 Å². The fourth-order valence-electron chi connectivity index (χ4n) is 2.78. The van der Waals surface area contributed by atoms with Crippen molar-refractivity contribution in [2.75, 3.05) is 7.05 Å². The molecule has 0 radical (unpaired) electrons. The van der Waals surface area contributed by atoms with E-state index in [4.69, 9.17) is 5.11 Å². The third-order valence-electron chi connectivity index (χ3n) is 4.41. The van der Waals surface area contributed by atoms with E-state index in [0.29, 0.717) is 0 Å². The highest BCUT2D eigenvalue weighted by Crippen LogP contribution is 2.33. The van der Waals surface area contributed by atoms with Gasteiger partial charge in [0.05, 0.1) is 16.5 Å². The molecule has 0 aliphatic heterocycles. The molecule has 2 aromatic carbocycles. The lowest BCUT2D eigenvalue weighted by Gasteiger charge is -2.30. The van der Waals surface area contributed by atoms with Crippen molar-refractivity contribution in [3.63, 3.8) is 0 Å². The van der Waals surface area contributed by atoms with Crippen LogP contribution in [0.1, 0.15) is 40.9 Å². The van der Waals surface area contributed by atoms with Crippen molar-refractivity contribution in [2.45, 2.75) is 32.0 Å². The molecule has 0 aliphatic rings. The van der Waals surface area contributed by atoms with Gasteiger partial charge in [-0.1, -0.05) is 30.3 Å². The molecule has 2 aromatic rings. The Kier molecular flexibility index (Phi) is 5.63. The number of hydrogen-bond donors (Lipinski definition) is 1. The summed E-state index contributed by atoms with van der Waals surface area (Å²) in [4.78, 5) is 25.2. The van der Waals surface area contributed by atoms with E-state index in [-0.39, 0.29) is 23.6 Å². The van der Waals surface area contributed by atoms with Gasteiger partial charge in [-0.05, 0) is 43.2 Å². The molecule has 0 saturated carbocycles. The Morgan fingerprint density at radius 3 is 2.07 bits per heavy atom. The van der Waals surface area contributed by atoms with Crippen LogP contribution in [0, 0.1) is 0 Å². The standard InChI is InChI=1S/C20H20F3NO3/c1-19(2,15-5-4-6-16(11-15)20(21,22)23)18(27)24(3)12-13-7-9-14(10-8-13)17(25)26/h4-11H,12H2,1-3H3,(H,25,26). The largest absolute Gasteiger partial charge is 0.478 e. The molecule has 0 fully saturated rings. The van der Waals surface area contributed by atoms with Crippen LogP contribution in [0.4, 0.5) is 13.2 Å². The van der Waals surface area contributed by atoms with E-state index in [1.807, 2.05) is 0 Å². The second-order valence-electron chi connectivity index (χ2n) is 6.87. The molecule has 1 amide bonds. The first-order valence-electron chi connectivity index (χ1n) is 8.18. The van der Waals surface area contributed by atoms with Crippen molar-refractivity contribution < 1.29 is 27.9 Å². The zero-order valence-corrected chi connectivity index (χ0v) is 15.2. The number of rotatable bonds is 5. The summed E-state index contributed by atoms with van der Waals surface area (Å²) in [6, 6.07) is 10.8. The van der Waals surface area contributed by atoms with Crippen molar-refractivity contribution in [3.8, 4) is 0 Å². The Labute approximate surface area is 155 Å². The van der Waals surface area contributed by atoms with E-state index in [0.717, 1.165) is 17.7 Å². The maximum absolute atomic E-state index is 13.0. The number of likely N-dealkylation sites (N-methyl/N-ethyl adjacent to an activating group) is 1. The quantitative estimate of drug-likeness (QED) is 0.841. The summed E-state index contributed by atoms with van der Waals surface area (Å²) in [5.74, 6) is -1.39. The first-order chi connectivity index (χ1) is 12.4. The second-order valence-corrected chi connectivity index (χ2v) is 6.87. The molecule has 2 rings (SSSR count). The van der Waals surface area contributed by atoms with Crippen LogP contribution in [-0.2, 0) is 22.9 Å². The lowest BCUT2D eigenvalue weighted by molar-refractivity contribution is -0.138. The molecule has 144 valence electrons. The Morgan fingerprint density at radius 2 is 1.56 bits per heavy atom. The Bertz CT molecular complexity index is 842. The van der Waals surface area contributed by atoms with Gasteiger partial charge in [0.25, 0.3) is 0 Å². The predicted molar refractivity (Wildman–Crippen MR) is 94.3 cm³/mol. The summed E-state index contributed by atoms with van der Waals surface area (Å²) in [6.07, 6.45) is -4.48. The van der Waals surface area contributed by atoms with Gasteiger partial charge in [0.2, 0.25) is 5.91 Å². The number of amides is 1. The molecule has 0 heterocycles. The highest BCUT2D eigenvalue weighted by Gasteiger charge is 2.36. The fourth-order valence-corrected chi connectivity index (χ4v) is 2.78. The number of carboxylic acids is 1. The van der Waals surface area contributed by atoms with Crippen LogP contribution in [0.25, 0.3) is 0 Å². The Hall–Kier alpha value is -2.83. The molecule has 0 atom stereocenters. The SMILES string of the molecule is CN(Cc1ccc(C(=O)O)cc1)C(=O)C(C)(C)c1cccc(C(F)(F)F)c1. The van der Waals surface area contributed by atoms with Crippen LogP contribution < -0.4 is 0 Å². The summed E-state index contributed by atoms with van der Waals surface area (Å²) >= 11 is 0. The summed E-state index contributed by atoms with van der Waals surface area (Å²) in [6.45, 7) is 3.37. The maximum Gasteiger partial charge on any atom is 0.416 e. The monoisotopic (exact) mass is 379 g/mol. The van der Waals surface area contributed by atoms with E-state index < -0.39 is 23.1 Å². The van der Waals surface area contributed by atoms with Crippen molar-refractivity contribution in [1.29, 1.82) is 0 Å². The maximum atomic E-state index is 13.0. The number of halogens is 3. The van der Waals surface area contributed by atoms with Gasteiger partial charge in [-0.3, -0.25) is 4.79 Å². The molecule has 7 heteroatoms. The highest BCUT2D eigenvalue weighted by atomic mass is 19.4. The van der Waals surface area contributed by atoms with Crippen LogP contribution in [0.15, 0.2) is 48.5 Å². The van der Waals surface area contributed by atoms with Gasteiger partial charge in [-0.2, -0.15) is 13.2 Å². The molecule has 0 aliphatic carbocycles. The minimum absolute atomic E-state index is 0.136. The van der Waals surface area contributed by atoms with E-state index in [9.17, 15) is 22.8 Å². The third kappa shape index (κ3) is 4.67. The summed E-state index contributed by atoms with van der Waals surface area (Å²) in [5.41, 5.74) is -0.826. The van der Waals surface area contributed by atoms with Crippen LogP contribution in [0.2, 0.25) is 0 Å². The summed E-state index contributed by atoms with van der Waals surface area (Å²) in [5, 5.41) is 8.91. The van der Waals surface area contributed by atoms with Crippen LogP contribution in [0.5, 0.6) is 0 Å². The Morgan fingerprint density at radius 1 is 1.00 bits per heavy atom. The lowest BCUT2D eigenvalue weighted by atomic mass is 9.82. The number of alkyl halides is 3. The molecule has 0 unspecified atom stereocenters. The number of carbonyl (C=O) groups is 2. The van der Waals surface area contributed by atoms with Gasteiger partial charge in [-0.25, -0.2) is 4.79 Å². The van der Waals surface area contributed by atoms with Crippen LogP contribution >= 0.6 is 0 Å². The van der Waals surface area contributed by atoms with Crippen LogP contribution in [0.3, 0.4) is 0 Å². The number of carboxylic acid groups (broad SMARTS) is 1. The zero-order chi connectivity index (χ0) is 20.4. The van der Waals surface area contributed by atoms with Crippen molar-refractivity contribution in [3.05, 3.63) is 70.8 Å². The van der Waals surface area contributed by atoms with Crippen LogP contribution in [-0.4, -0.2) is 28.9 Å². The summed E-state index contributed by atoms with van der Waals surface area (Å²) in [7, 11) is 1.56. The number of nitrogens with zero attached hydrogens (tertiary/aromatic N) is 1. The minimum atomic E-state index is -4.48. The van der Waals surface area contributed by atoms with Gasteiger partial charge in [0.1, 0.15) is 0 Å². The molecule has 0 bridgehead atoms. The number of hydrogen-bond acceptors (Lipinski definition) is 2. The van der Waals surface area contributed by atoms with Crippen molar-refractivity contribution in [1.82, 2.24) is 4.90 Å². The Balaban J connectivity index is 2.20. The molecule has 0 aromatic heterocycles. The molecular weight excluding hydrogens is 359 g/mol. The van der Waals surface area contributed by atoms with Gasteiger partial charge >= 0.3 is 12.1 Å². The van der Waals surface area contributed by atoms with Gasteiger partial charge < -0.3 is 10.0 Å². The highest BCUT2D eigenvalue weighted by molar-refractivity contribution is 5.88. The zero-order valence-electron chi connectivity index (χ0n) is 15.2. The molecular formula is C20H20F3NO3. The molecule has 0 spiro atoms. The van der Waals surface area contributed by atoms with Crippen molar-refractivity contribution in [2.24, 2.45) is 0 Å².